The number of ether oxygens (including phenoxy) is 3. The van der Waals surface area contributed by atoms with Gasteiger partial charge in [0.05, 0.1) is 20.0 Å². The molecule has 2 rings (SSSR count). The number of hydrogen-bond acceptors (Lipinski definition) is 7. The quantitative estimate of drug-likeness (QED) is 0.756. The first-order valence-corrected chi connectivity index (χ1v) is 6.57. The number of furan rings is 1. The number of esters is 2. The lowest BCUT2D eigenvalue weighted by Crippen LogP contribution is -2.10. The van der Waals surface area contributed by atoms with Crippen molar-refractivity contribution in [3.63, 3.8) is 0 Å². The zero-order valence-electron chi connectivity index (χ0n) is 12.2. The molecule has 2 aromatic rings. The van der Waals surface area contributed by atoms with Crippen LogP contribution in [-0.4, -0.2) is 30.6 Å². The lowest BCUT2D eigenvalue weighted by molar-refractivity contribution is 0.0427. The maximum absolute atomic E-state index is 12.1. The number of hydrogen-bond donors (Lipinski definition) is 0. The Kier molecular flexibility index (Phi) is 5.13. The van der Waals surface area contributed by atoms with E-state index in [-0.39, 0.29) is 29.4 Å². The Morgan fingerprint density at radius 2 is 2.05 bits per heavy atom. The lowest BCUT2D eigenvalue weighted by atomic mass is 10.2. The normalized spacial score (nSPS) is 10.1. The smallest absolute Gasteiger partial charge is 0.344 e. The van der Waals surface area contributed by atoms with E-state index in [4.69, 9.17) is 13.9 Å². The molecule has 2 aromatic heterocycles. The highest BCUT2D eigenvalue weighted by Crippen LogP contribution is 2.18. The molecule has 0 aliphatic heterocycles. The number of carbonyl (C=O) groups excluding carboxylic acids is 2. The molecule has 0 aromatic carbocycles. The minimum Gasteiger partial charge on any atom is -0.477 e. The molecule has 0 radical (unpaired) electrons. The monoisotopic (exact) mass is 305 g/mol. The Labute approximate surface area is 126 Å². The highest BCUT2D eigenvalue weighted by atomic mass is 16.5. The second kappa shape index (κ2) is 7.26. The Balaban J connectivity index is 2.08. The van der Waals surface area contributed by atoms with E-state index in [0.29, 0.717) is 6.61 Å². The molecule has 0 bridgehead atoms. The highest BCUT2D eigenvalue weighted by molar-refractivity contribution is 5.92. The maximum atomic E-state index is 12.1. The van der Waals surface area contributed by atoms with Crippen LogP contribution < -0.4 is 4.74 Å². The van der Waals surface area contributed by atoms with Crippen LogP contribution in [0.25, 0.3) is 0 Å². The summed E-state index contributed by atoms with van der Waals surface area (Å²) < 4.78 is 20.1. The van der Waals surface area contributed by atoms with E-state index in [0.717, 1.165) is 0 Å². The summed E-state index contributed by atoms with van der Waals surface area (Å²) in [6, 6.07) is 4.60. The Hall–Kier alpha value is -2.83. The summed E-state index contributed by atoms with van der Waals surface area (Å²) in [5.74, 6) is -0.773. The number of nitrogens with zero attached hydrogens (tertiary/aromatic N) is 1. The van der Waals surface area contributed by atoms with Crippen LogP contribution in [0.1, 0.15) is 33.4 Å². The lowest BCUT2D eigenvalue weighted by Gasteiger charge is -2.08. The molecule has 116 valence electrons. The molecule has 0 fully saturated rings. The van der Waals surface area contributed by atoms with Crippen LogP contribution in [0.4, 0.5) is 0 Å². The molecule has 0 saturated carbocycles. The average molecular weight is 305 g/mol. The summed E-state index contributed by atoms with van der Waals surface area (Å²) >= 11 is 0. The number of aromatic nitrogens is 1. The first-order chi connectivity index (χ1) is 10.7. The van der Waals surface area contributed by atoms with Crippen LogP contribution in [0, 0.1) is 0 Å². The first kappa shape index (κ1) is 15.6. The highest BCUT2D eigenvalue weighted by Gasteiger charge is 2.19. The summed E-state index contributed by atoms with van der Waals surface area (Å²) in [5.41, 5.74) is 0.419. The van der Waals surface area contributed by atoms with E-state index in [1.54, 1.807) is 19.1 Å². The minimum absolute atomic E-state index is 0.197. The fourth-order valence-electron chi connectivity index (χ4n) is 1.75. The molecule has 22 heavy (non-hydrogen) atoms. The van der Waals surface area contributed by atoms with Gasteiger partial charge in [0.1, 0.15) is 11.1 Å². The molecule has 0 aliphatic rings. The molecule has 0 saturated heterocycles. The van der Waals surface area contributed by atoms with Crippen molar-refractivity contribution in [3.8, 4) is 5.88 Å². The number of carbonyl (C=O) groups is 2. The predicted octanol–water partition coefficient (Wildman–Crippen LogP) is 2.22. The number of rotatable bonds is 6. The number of pyridine rings is 1. The van der Waals surface area contributed by atoms with Gasteiger partial charge in [0.2, 0.25) is 5.88 Å². The summed E-state index contributed by atoms with van der Waals surface area (Å²) in [5, 5.41) is 0. The largest absolute Gasteiger partial charge is 0.477 e. The van der Waals surface area contributed by atoms with Crippen molar-refractivity contribution in [1.29, 1.82) is 0 Å². The Morgan fingerprint density at radius 1 is 1.23 bits per heavy atom. The van der Waals surface area contributed by atoms with Gasteiger partial charge >= 0.3 is 11.9 Å². The topological polar surface area (TPSA) is 87.9 Å². The fourth-order valence-corrected chi connectivity index (χ4v) is 1.75. The van der Waals surface area contributed by atoms with Gasteiger partial charge < -0.3 is 18.6 Å². The first-order valence-electron chi connectivity index (χ1n) is 6.57. The fraction of sp³-hybridized carbons (Fsp3) is 0.267. The van der Waals surface area contributed by atoms with Gasteiger partial charge in [0.25, 0.3) is 0 Å². The maximum Gasteiger partial charge on any atom is 0.344 e. The third-order valence-corrected chi connectivity index (χ3v) is 2.76. The molecule has 0 amide bonds. The molecule has 0 atom stereocenters. The molecule has 7 heteroatoms. The molecule has 0 spiro atoms. The third-order valence-electron chi connectivity index (χ3n) is 2.76. The molecule has 2 heterocycles. The van der Waals surface area contributed by atoms with Crippen LogP contribution in [0.15, 0.2) is 35.1 Å². The minimum atomic E-state index is -0.622. The Morgan fingerprint density at radius 3 is 2.77 bits per heavy atom. The van der Waals surface area contributed by atoms with Crippen LogP contribution in [-0.2, 0) is 16.1 Å². The van der Waals surface area contributed by atoms with E-state index >= 15 is 0 Å². The van der Waals surface area contributed by atoms with Gasteiger partial charge in [0, 0.05) is 6.20 Å². The van der Waals surface area contributed by atoms with E-state index in [9.17, 15) is 9.59 Å². The third kappa shape index (κ3) is 3.43. The summed E-state index contributed by atoms with van der Waals surface area (Å²) in [6.45, 7) is 1.97. The van der Waals surface area contributed by atoms with E-state index in [2.05, 4.69) is 9.72 Å². The van der Waals surface area contributed by atoms with Gasteiger partial charge in [-0.15, -0.1) is 0 Å². The SMILES string of the molecule is CCOc1ncccc1C(=O)OCc1occc1C(=O)OC. The van der Waals surface area contributed by atoms with Crippen molar-refractivity contribution < 1.29 is 28.2 Å². The van der Waals surface area contributed by atoms with Gasteiger partial charge in [-0.25, -0.2) is 14.6 Å². The molecular formula is C15H15NO6. The van der Waals surface area contributed by atoms with Crippen molar-refractivity contribution in [2.24, 2.45) is 0 Å². The van der Waals surface area contributed by atoms with E-state index in [1.807, 2.05) is 0 Å². The van der Waals surface area contributed by atoms with Crippen molar-refractivity contribution in [2.45, 2.75) is 13.5 Å². The van der Waals surface area contributed by atoms with Crippen LogP contribution in [0.2, 0.25) is 0 Å². The van der Waals surface area contributed by atoms with Crippen LogP contribution in [0.3, 0.4) is 0 Å². The second-order valence-electron chi connectivity index (χ2n) is 4.11. The molecule has 7 nitrogen and oxygen atoms in total. The molecule has 0 N–H and O–H groups in total. The standard InChI is InChI=1S/C15H15NO6/c1-3-20-13-11(5-4-7-16-13)15(18)22-9-12-10(6-8-21-12)14(17)19-2/h4-8H,3,9H2,1-2H3. The van der Waals surface area contributed by atoms with Crippen LogP contribution in [0.5, 0.6) is 5.88 Å². The van der Waals surface area contributed by atoms with Gasteiger partial charge in [-0.1, -0.05) is 0 Å². The average Bonchev–Trinajstić information content (AvgIpc) is 3.01. The number of methoxy groups -OCH3 is 1. The zero-order chi connectivity index (χ0) is 15.9. The summed E-state index contributed by atoms with van der Waals surface area (Å²) in [4.78, 5) is 27.6. The molecule has 0 aliphatic carbocycles. The van der Waals surface area contributed by atoms with Crippen LogP contribution >= 0.6 is 0 Å². The van der Waals surface area contributed by atoms with Crippen molar-refractivity contribution >= 4 is 11.9 Å². The van der Waals surface area contributed by atoms with E-state index < -0.39 is 11.9 Å². The van der Waals surface area contributed by atoms with Gasteiger partial charge in [-0.3, -0.25) is 0 Å². The summed E-state index contributed by atoms with van der Waals surface area (Å²) in [6.07, 6.45) is 2.84. The van der Waals surface area contributed by atoms with Gasteiger partial charge in [-0.2, -0.15) is 0 Å². The van der Waals surface area contributed by atoms with Crippen molar-refractivity contribution in [2.75, 3.05) is 13.7 Å². The van der Waals surface area contributed by atoms with Crippen molar-refractivity contribution in [3.05, 3.63) is 47.5 Å². The van der Waals surface area contributed by atoms with Crippen molar-refractivity contribution in [1.82, 2.24) is 4.98 Å². The molecule has 0 unspecified atom stereocenters. The van der Waals surface area contributed by atoms with Gasteiger partial charge in [0.15, 0.2) is 12.4 Å². The molecular weight excluding hydrogens is 290 g/mol. The van der Waals surface area contributed by atoms with Gasteiger partial charge in [-0.05, 0) is 25.1 Å². The predicted molar refractivity (Wildman–Crippen MR) is 74.6 cm³/mol. The second-order valence-corrected chi connectivity index (χ2v) is 4.11. The zero-order valence-corrected chi connectivity index (χ0v) is 12.2. The summed E-state index contributed by atoms with van der Waals surface area (Å²) in [7, 11) is 1.26. The van der Waals surface area contributed by atoms with E-state index in [1.165, 1.54) is 25.6 Å². The Bertz CT molecular complexity index is 664.